The van der Waals surface area contributed by atoms with Gasteiger partial charge in [0.1, 0.15) is 10.8 Å². The number of rotatable bonds is 9. The summed E-state index contributed by atoms with van der Waals surface area (Å²) >= 11 is 2.86. The van der Waals surface area contributed by atoms with Crippen molar-refractivity contribution in [2.24, 2.45) is 0 Å². The van der Waals surface area contributed by atoms with Crippen LogP contribution in [0.3, 0.4) is 0 Å². The highest BCUT2D eigenvalue weighted by Crippen LogP contribution is 2.35. The number of nitrogens with one attached hydrogen (secondary N) is 1. The first-order valence-electron chi connectivity index (χ1n) is 11.9. The van der Waals surface area contributed by atoms with E-state index in [9.17, 15) is 4.79 Å². The fourth-order valence-electron chi connectivity index (χ4n) is 4.35. The first-order chi connectivity index (χ1) is 16.4. The zero-order chi connectivity index (χ0) is 24.1. The van der Waals surface area contributed by atoms with Gasteiger partial charge in [-0.05, 0) is 63.8 Å². The van der Waals surface area contributed by atoms with Crippen LogP contribution >= 0.6 is 23.1 Å². The zero-order valence-corrected chi connectivity index (χ0v) is 21.8. The van der Waals surface area contributed by atoms with E-state index >= 15 is 0 Å². The van der Waals surface area contributed by atoms with E-state index < -0.39 is 0 Å². The van der Waals surface area contributed by atoms with Crippen molar-refractivity contribution in [1.82, 2.24) is 25.0 Å². The Balaban J connectivity index is 1.34. The van der Waals surface area contributed by atoms with Crippen LogP contribution < -0.4 is 10.1 Å². The maximum atomic E-state index is 12.5. The van der Waals surface area contributed by atoms with Crippen LogP contribution in [0.4, 0.5) is 5.13 Å². The lowest BCUT2D eigenvalue weighted by molar-refractivity contribution is -0.113. The molecule has 2 heterocycles. The van der Waals surface area contributed by atoms with Gasteiger partial charge in [0, 0.05) is 12.5 Å². The molecule has 1 atom stereocenters. The number of aryl methyl sites for hydroxylation is 2. The van der Waals surface area contributed by atoms with Crippen LogP contribution in [-0.4, -0.2) is 36.6 Å². The van der Waals surface area contributed by atoms with Crippen LogP contribution in [0.5, 0.6) is 5.75 Å². The van der Waals surface area contributed by atoms with Crippen molar-refractivity contribution in [3.05, 3.63) is 40.2 Å². The molecule has 8 nitrogen and oxygen atoms in total. The lowest BCUT2D eigenvalue weighted by Gasteiger charge is -2.18. The average molecular weight is 501 g/mol. The Bertz CT molecular complexity index is 1100. The number of amides is 1. The number of hydrogen-bond donors (Lipinski definition) is 1. The Morgan fingerprint density at radius 2 is 1.88 bits per heavy atom. The summed E-state index contributed by atoms with van der Waals surface area (Å²) in [6, 6.07) is 6.15. The minimum Gasteiger partial charge on any atom is -0.483 e. The molecule has 182 valence electrons. The Morgan fingerprint density at radius 1 is 1.15 bits per heavy atom. The van der Waals surface area contributed by atoms with E-state index in [1.807, 2.05) is 30.5 Å². The fraction of sp³-hybridized carbons (Fsp3) is 0.542. The predicted molar refractivity (Wildman–Crippen MR) is 136 cm³/mol. The number of carbonyl (C=O) groups is 1. The molecule has 1 amide bonds. The van der Waals surface area contributed by atoms with Gasteiger partial charge >= 0.3 is 0 Å². The number of aromatic nitrogens is 5. The summed E-state index contributed by atoms with van der Waals surface area (Å²) < 4.78 is 8.15. The topological polar surface area (TPSA) is 94.8 Å². The van der Waals surface area contributed by atoms with Crippen LogP contribution in [0, 0.1) is 13.8 Å². The molecule has 10 heteroatoms. The van der Waals surface area contributed by atoms with Gasteiger partial charge in [-0.1, -0.05) is 48.4 Å². The van der Waals surface area contributed by atoms with Crippen molar-refractivity contribution in [2.45, 2.75) is 83.5 Å². The second-order valence-corrected chi connectivity index (χ2v) is 10.7. The molecule has 3 aromatic rings. The summed E-state index contributed by atoms with van der Waals surface area (Å²) in [6.45, 7) is 8.80. The van der Waals surface area contributed by atoms with Gasteiger partial charge in [0.15, 0.2) is 17.1 Å². The SMILES string of the molecule is CCn1c(SCC(=O)Nc2nnc(C3CCCCC3)s2)nnc1C(C)Oc1cc(C)cc(C)c1. The fourth-order valence-corrected chi connectivity index (χ4v) is 6.09. The number of benzene rings is 1. The van der Waals surface area contributed by atoms with Gasteiger partial charge in [0.05, 0.1) is 5.75 Å². The zero-order valence-electron chi connectivity index (χ0n) is 20.2. The second kappa shape index (κ2) is 11.3. The molecule has 1 unspecified atom stereocenters. The molecule has 0 bridgehead atoms. The first-order valence-corrected chi connectivity index (χ1v) is 13.7. The standard InChI is InChI=1S/C24H32N6O2S2/c1-5-30-21(17(4)32-19-12-15(2)11-16(3)13-19)26-29-24(30)33-14-20(31)25-23-28-27-22(34-23)18-9-7-6-8-10-18/h11-13,17-18H,5-10,14H2,1-4H3,(H,25,28,31). The molecule has 1 N–H and O–H groups in total. The van der Waals surface area contributed by atoms with E-state index in [0.717, 1.165) is 27.7 Å². The van der Waals surface area contributed by atoms with Crippen LogP contribution in [0.15, 0.2) is 23.4 Å². The smallest absolute Gasteiger partial charge is 0.236 e. The van der Waals surface area contributed by atoms with Gasteiger partial charge in [-0.15, -0.1) is 20.4 Å². The van der Waals surface area contributed by atoms with Crippen LogP contribution in [-0.2, 0) is 11.3 Å². The highest BCUT2D eigenvalue weighted by Gasteiger charge is 2.22. The first kappa shape index (κ1) is 24.7. The highest BCUT2D eigenvalue weighted by molar-refractivity contribution is 7.99. The number of nitrogens with zero attached hydrogens (tertiary/aromatic N) is 5. The Kier molecular flexibility index (Phi) is 8.20. The third-order valence-electron chi connectivity index (χ3n) is 5.91. The predicted octanol–water partition coefficient (Wildman–Crippen LogP) is 5.68. The molecule has 2 aromatic heterocycles. The number of hydrogen-bond acceptors (Lipinski definition) is 8. The molecule has 1 aromatic carbocycles. The maximum absolute atomic E-state index is 12.5. The summed E-state index contributed by atoms with van der Waals surface area (Å²) in [7, 11) is 0. The highest BCUT2D eigenvalue weighted by atomic mass is 32.2. The number of thioether (sulfide) groups is 1. The molecule has 0 radical (unpaired) electrons. The molecular formula is C24H32N6O2S2. The molecule has 1 fully saturated rings. The third-order valence-corrected chi connectivity index (χ3v) is 7.88. The monoisotopic (exact) mass is 500 g/mol. The van der Waals surface area contributed by atoms with Gasteiger partial charge < -0.3 is 9.30 Å². The van der Waals surface area contributed by atoms with Crippen LogP contribution in [0.1, 0.15) is 79.9 Å². The van der Waals surface area contributed by atoms with E-state index in [4.69, 9.17) is 4.74 Å². The van der Waals surface area contributed by atoms with Gasteiger partial charge in [-0.3, -0.25) is 10.1 Å². The normalized spacial score (nSPS) is 15.3. The maximum Gasteiger partial charge on any atom is 0.236 e. The molecular weight excluding hydrogens is 468 g/mol. The van der Waals surface area contributed by atoms with Crippen molar-refractivity contribution in [3.63, 3.8) is 0 Å². The van der Waals surface area contributed by atoms with Crippen molar-refractivity contribution in [3.8, 4) is 5.75 Å². The molecule has 0 aliphatic heterocycles. The largest absolute Gasteiger partial charge is 0.483 e. The van der Waals surface area contributed by atoms with Gasteiger partial charge in [0.2, 0.25) is 11.0 Å². The summed E-state index contributed by atoms with van der Waals surface area (Å²) in [5.74, 6) is 2.14. The van der Waals surface area contributed by atoms with E-state index in [1.54, 1.807) is 0 Å². The molecule has 1 saturated carbocycles. The quantitative estimate of drug-likeness (QED) is 0.377. The van der Waals surface area contributed by atoms with E-state index in [-0.39, 0.29) is 17.8 Å². The van der Waals surface area contributed by atoms with E-state index in [1.165, 1.54) is 55.2 Å². The summed E-state index contributed by atoms with van der Waals surface area (Å²) in [5, 5.41) is 22.4. The van der Waals surface area contributed by atoms with Crippen LogP contribution in [0.2, 0.25) is 0 Å². The second-order valence-electron chi connectivity index (χ2n) is 8.79. The molecule has 34 heavy (non-hydrogen) atoms. The molecule has 0 saturated heterocycles. The number of carbonyl (C=O) groups excluding carboxylic acids is 1. The summed E-state index contributed by atoms with van der Waals surface area (Å²) in [4.78, 5) is 12.5. The Morgan fingerprint density at radius 3 is 2.59 bits per heavy atom. The van der Waals surface area contributed by atoms with Crippen molar-refractivity contribution in [1.29, 1.82) is 0 Å². The summed E-state index contributed by atoms with van der Waals surface area (Å²) in [6.07, 6.45) is 5.86. The Labute approximate surface area is 208 Å². The lowest BCUT2D eigenvalue weighted by atomic mass is 9.90. The lowest BCUT2D eigenvalue weighted by Crippen LogP contribution is -2.15. The molecule has 4 rings (SSSR count). The van der Waals surface area contributed by atoms with Crippen molar-refractivity contribution < 1.29 is 9.53 Å². The van der Waals surface area contributed by atoms with E-state index in [0.29, 0.717) is 22.8 Å². The third kappa shape index (κ3) is 6.15. The number of ether oxygens (including phenoxy) is 1. The minimum atomic E-state index is -0.267. The van der Waals surface area contributed by atoms with Crippen molar-refractivity contribution >= 4 is 34.1 Å². The van der Waals surface area contributed by atoms with Crippen LogP contribution in [0.25, 0.3) is 0 Å². The molecule has 0 spiro atoms. The average Bonchev–Trinajstić information content (AvgIpc) is 3.44. The Hall–Kier alpha value is -2.46. The van der Waals surface area contributed by atoms with Crippen molar-refractivity contribution in [2.75, 3.05) is 11.1 Å². The van der Waals surface area contributed by atoms with Gasteiger partial charge in [-0.2, -0.15) is 0 Å². The van der Waals surface area contributed by atoms with Gasteiger partial charge in [-0.25, -0.2) is 0 Å². The molecule has 1 aliphatic carbocycles. The van der Waals surface area contributed by atoms with Gasteiger partial charge in [0.25, 0.3) is 0 Å². The number of anilines is 1. The van der Waals surface area contributed by atoms with E-state index in [2.05, 4.69) is 45.6 Å². The molecule has 1 aliphatic rings. The minimum absolute atomic E-state index is 0.122. The summed E-state index contributed by atoms with van der Waals surface area (Å²) in [5.41, 5.74) is 2.31.